The molecule has 0 aromatic heterocycles. The van der Waals surface area contributed by atoms with Gasteiger partial charge < -0.3 is 4.74 Å². The second kappa shape index (κ2) is 13.2. The van der Waals surface area contributed by atoms with Gasteiger partial charge in [-0.3, -0.25) is 0 Å². The normalized spacial score (nSPS) is 11.5. The highest BCUT2D eigenvalue weighted by molar-refractivity contribution is 6.30. The van der Waals surface area contributed by atoms with Crippen LogP contribution >= 0.6 is 11.6 Å². The molecule has 0 N–H and O–H groups in total. The largest absolute Gasteiger partial charge is 0.429 e. The van der Waals surface area contributed by atoms with Crippen molar-refractivity contribution in [3.8, 4) is 39.1 Å². The summed E-state index contributed by atoms with van der Waals surface area (Å²) in [5, 5.41) is -0.237. The van der Waals surface area contributed by atoms with Gasteiger partial charge in [-0.2, -0.15) is 8.78 Å². The van der Waals surface area contributed by atoms with Gasteiger partial charge in [0, 0.05) is 17.7 Å². The predicted octanol–water partition coefficient (Wildman–Crippen LogP) is 11.8. The van der Waals surface area contributed by atoms with Crippen LogP contribution in [0.3, 0.4) is 0 Å². The van der Waals surface area contributed by atoms with E-state index in [1.54, 1.807) is 12.1 Å². The summed E-state index contributed by atoms with van der Waals surface area (Å²) in [6.07, 6.45) is 0.458. The molecular weight excluding hydrogens is 598 g/mol. The number of hydrogen-bond acceptors (Lipinski definition) is 1. The Morgan fingerprint density at radius 2 is 1.20 bits per heavy atom. The molecular formula is C36H27ClF6O. The SMILES string of the molecule is CCCCCc1ccc(-c2ccc(-c3ccc(C(F)(F)Oc4cc(F)c(-c5ccc(Cl)c(F)c5)c(F)c4)cc3)c(F)c2)cc1. The van der Waals surface area contributed by atoms with E-state index in [0.29, 0.717) is 23.3 Å². The molecule has 0 atom stereocenters. The summed E-state index contributed by atoms with van der Waals surface area (Å²) in [6.45, 7) is 2.16. The Labute approximate surface area is 256 Å². The first-order chi connectivity index (χ1) is 21.1. The minimum Gasteiger partial charge on any atom is -0.429 e. The first-order valence-electron chi connectivity index (χ1n) is 14.1. The Kier molecular flexibility index (Phi) is 9.35. The number of ether oxygens (including phenoxy) is 1. The minimum atomic E-state index is -3.98. The van der Waals surface area contributed by atoms with E-state index in [1.807, 2.05) is 24.3 Å². The van der Waals surface area contributed by atoms with Crippen molar-refractivity contribution in [2.45, 2.75) is 38.7 Å². The summed E-state index contributed by atoms with van der Waals surface area (Å²) in [7, 11) is 0. The molecule has 0 aliphatic heterocycles. The monoisotopic (exact) mass is 624 g/mol. The van der Waals surface area contributed by atoms with E-state index in [0.717, 1.165) is 49.1 Å². The van der Waals surface area contributed by atoms with Crippen molar-refractivity contribution in [3.63, 3.8) is 0 Å². The molecule has 0 fully saturated rings. The van der Waals surface area contributed by atoms with Gasteiger partial charge in [-0.25, -0.2) is 17.6 Å². The Morgan fingerprint density at radius 1 is 0.614 bits per heavy atom. The van der Waals surface area contributed by atoms with Crippen LogP contribution in [0.15, 0.2) is 97.1 Å². The molecule has 0 heterocycles. The molecule has 0 saturated heterocycles. The van der Waals surface area contributed by atoms with E-state index in [-0.39, 0.29) is 16.1 Å². The van der Waals surface area contributed by atoms with E-state index in [9.17, 15) is 22.0 Å². The lowest BCUT2D eigenvalue weighted by atomic mass is 9.97. The second-order valence-corrected chi connectivity index (χ2v) is 10.8. The molecule has 5 aromatic rings. The maximum Gasteiger partial charge on any atom is 0.426 e. The number of halogens is 7. The molecule has 0 unspecified atom stereocenters. The predicted molar refractivity (Wildman–Crippen MR) is 162 cm³/mol. The molecule has 8 heteroatoms. The van der Waals surface area contributed by atoms with Crippen molar-refractivity contribution >= 4 is 11.6 Å². The fourth-order valence-electron chi connectivity index (χ4n) is 4.96. The van der Waals surface area contributed by atoms with E-state index in [2.05, 4.69) is 11.7 Å². The minimum absolute atomic E-state index is 0.160. The smallest absolute Gasteiger partial charge is 0.426 e. The Bertz CT molecular complexity index is 1740. The highest BCUT2D eigenvalue weighted by Crippen LogP contribution is 2.37. The summed E-state index contributed by atoms with van der Waals surface area (Å²) in [4.78, 5) is 0. The lowest BCUT2D eigenvalue weighted by molar-refractivity contribution is -0.185. The molecule has 0 aliphatic carbocycles. The van der Waals surface area contributed by atoms with E-state index >= 15 is 4.39 Å². The van der Waals surface area contributed by atoms with Gasteiger partial charge in [-0.05, 0) is 71.0 Å². The van der Waals surface area contributed by atoms with Crippen molar-refractivity contribution in [1.82, 2.24) is 0 Å². The van der Waals surface area contributed by atoms with Crippen molar-refractivity contribution in [1.29, 1.82) is 0 Å². The van der Waals surface area contributed by atoms with Crippen LogP contribution in [-0.2, 0) is 12.5 Å². The topological polar surface area (TPSA) is 9.23 Å². The third kappa shape index (κ3) is 6.94. The first-order valence-corrected chi connectivity index (χ1v) is 14.4. The molecule has 0 saturated carbocycles. The number of hydrogen-bond donors (Lipinski definition) is 0. The maximum atomic E-state index is 15.1. The molecule has 44 heavy (non-hydrogen) atoms. The molecule has 0 aliphatic rings. The third-order valence-corrected chi connectivity index (χ3v) is 7.63. The standard InChI is InChI=1S/C36H27ClF6O/c1-2-3-4-5-22-6-8-23(9-7-22)25-12-16-29(31(38)18-25)24-10-14-27(15-11-24)36(42,43)44-28-20-33(40)35(34(41)21-28)26-13-17-30(37)32(39)19-26/h6-21H,2-5H2,1H3. The van der Waals surface area contributed by atoms with Crippen molar-refractivity contribution in [3.05, 3.63) is 136 Å². The van der Waals surface area contributed by atoms with Gasteiger partial charge in [0.25, 0.3) is 0 Å². The lowest BCUT2D eigenvalue weighted by Gasteiger charge is -2.19. The van der Waals surface area contributed by atoms with Crippen LogP contribution < -0.4 is 4.74 Å². The number of benzene rings is 5. The third-order valence-electron chi connectivity index (χ3n) is 7.33. The van der Waals surface area contributed by atoms with Crippen LogP contribution in [0.1, 0.15) is 37.3 Å². The zero-order chi connectivity index (χ0) is 31.4. The fourth-order valence-corrected chi connectivity index (χ4v) is 5.08. The van der Waals surface area contributed by atoms with E-state index in [4.69, 9.17) is 11.6 Å². The summed E-state index contributed by atoms with van der Waals surface area (Å²) >= 11 is 5.62. The molecule has 1 nitrogen and oxygen atoms in total. The van der Waals surface area contributed by atoms with Gasteiger partial charge in [0.15, 0.2) is 0 Å². The van der Waals surface area contributed by atoms with Crippen LogP contribution in [0.4, 0.5) is 26.3 Å². The Morgan fingerprint density at radius 3 is 1.82 bits per heavy atom. The molecule has 0 radical (unpaired) electrons. The summed E-state index contributed by atoms with van der Waals surface area (Å²) in [5.74, 6) is -4.64. The fraction of sp³-hybridized carbons (Fsp3) is 0.167. The molecule has 226 valence electrons. The number of alkyl halides is 2. The van der Waals surface area contributed by atoms with Gasteiger partial charge in [-0.15, -0.1) is 0 Å². The molecule has 5 aromatic carbocycles. The zero-order valence-electron chi connectivity index (χ0n) is 23.6. The second-order valence-electron chi connectivity index (χ2n) is 10.4. The molecule has 0 bridgehead atoms. The average molecular weight is 625 g/mol. The van der Waals surface area contributed by atoms with Gasteiger partial charge in [0.05, 0.1) is 16.1 Å². The highest BCUT2D eigenvalue weighted by Gasteiger charge is 2.35. The molecule has 0 spiro atoms. The van der Waals surface area contributed by atoms with Crippen LogP contribution in [-0.4, -0.2) is 0 Å². The number of aryl methyl sites for hydroxylation is 1. The highest BCUT2D eigenvalue weighted by atomic mass is 35.5. The van der Waals surface area contributed by atoms with E-state index < -0.39 is 46.3 Å². The quantitative estimate of drug-likeness (QED) is 0.111. The average Bonchev–Trinajstić information content (AvgIpc) is 2.99. The van der Waals surface area contributed by atoms with Gasteiger partial charge in [0.2, 0.25) is 0 Å². The van der Waals surface area contributed by atoms with Crippen LogP contribution in [0.5, 0.6) is 5.75 Å². The lowest BCUT2D eigenvalue weighted by Crippen LogP contribution is -2.22. The van der Waals surface area contributed by atoms with E-state index in [1.165, 1.54) is 36.2 Å². The summed E-state index contributed by atoms with van der Waals surface area (Å²) in [5.41, 5.74) is 1.97. The Balaban J connectivity index is 1.31. The molecule has 0 amide bonds. The van der Waals surface area contributed by atoms with Crippen LogP contribution in [0, 0.1) is 23.3 Å². The first kappa shape index (κ1) is 31.2. The summed E-state index contributed by atoms with van der Waals surface area (Å²) < 4.78 is 93.1. The Hall–Kier alpha value is -4.23. The van der Waals surface area contributed by atoms with Crippen molar-refractivity contribution in [2.75, 3.05) is 0 Å². The number of unbranched alkanes of at least 4 members (excludes halogenated alkanes) is 2. The van der Waals surface area contributed by atoms with Crippen molar-refractivity contribution in [2.24, 2.45) is 0 Å². The maximum absolute atomic E-state index is 15.1. The van der Waals surface area contributed by atoms with Crippen LogP contribution in [0.2, 0.25) is 5.02 Å². The van der Waals surface area contributed by atoms with Crippen molar-refractivity contribution < 1.29 is 31.1 Å². The van der Waals surface area contributed by atoms with Crippen LogP contribution in [0.25, 0.3) is 33.4 Å². The zero-order valence-corrected chi connectivity index (χ0v) is 24.4. The van der Waals surface area contributed by atoms with Gasteiger partial charge in [-0.1, -0.05) is 86.0 Å². The van der Waals surface area contributed by atoms with Gasteiger partial charge >= 0.3 is 6.11 Å². The molecule has 5 rings (SSSR count). The van der Waals surface area contributed by atoms with Gasteiger partial charge in [0.1, 0.15) is 29.0 Å². The number of rotatable bonds is 10. The summed E-state index contributed by atoms with van der Waals surface area (Å²) in [6, 6.07) is 21.8.